The Hall–Kier alpha value is -1.81. The minimum atomic E-state index is 0.250. The van der Waals surface area contributed by atoms with Crippen molar-refractivity contribution in [3.63, 3.8) is 0 Å². The second-order valence-electron chi connectivity index (χ2n) is 8.06. The number of carbonyl (C=O) groups is 1. The molecule has 1 heterocycles. The van der Waals surface area contributed by atoms with Crippen molar-refractivity contribution in [2.45, 2.75) is 70.3 Å². The number of nitrogens with two attached hydrogens (primary N) is 1. The van der Waals surface area contributed by atoms with Crippen molar-refractivity contribution >= 4 is 17.7 Å². The first-order valence-electron chi connectivity index (χ1n) is 10.4. The van der Waals surface area contributed by atoms with Crippen LogP contribution in [0.2, 0.25) is 0 Å². The Morgan fingerprint density at radius 2 is 1.78 bits per heavy atom. The van der Waals surface area contributed by atoms with Crippen molar-refractivity contribution in [3.8, 4) is 0 Å². The summed E-state index contributed by atoms with van der Waals surface area (Å²) in [6.45, 7) is 8.91. The summed E-state index contributed by atoms with van der Waals surface area (Å²) in [7, 11) is 2.00. The van der Waals surface area contributed by atoms with Crippen molar-refractivity contribution in [3.05, 3.63) is 35.9 Å². The number of allylic oxidation sites excluding steroid dienone is 1. The first-order valence-corrected chi connectivity index (χ1v) is 10.4. The van der Waals surface area contributed by atoms with E-state index in [2.05, 4.69) is 47.7 Å². The van der Waals surface area contributed by atoms with E-state index in [4.69, 9.17) is 4.79 Å². The Bertz CT molecular complexity index is 614. The highest BCUT2D eigenvalue weighted by Gasteiger charge is 2.38. The Morgan fingerprint density at radius 3 is 2.33 bits per heavy atom. The molecule has 1 saturated heterocycles. The summed E-state index contributed by atoms with van der Waals surface area (Å²) in [5, 5.41) is 3.31. The number of likely N-dealkylation sites (tertiary alicyclic amines) is 1. The molecule has 2 fully saturated rings. The summed E-state index contributed by atoms with van der Waals surface area (Å²) in [5.41, 5.74) is 9.68. The Morgan fingerprint density at radius 1 is 1.19 bits per heavy atom. The number of carbonyl (C=O) groups excluding carboxylic acids is 1. The van der Waals surface area contributed by atoms with E-state index < -0.39 is 0 Å². The van der Waals surface area contributed by atoms with E-state index in [1.54, 1.807) is 0 Å². The van der Waals surface area contributed by atoms with Crippen LogP contribution in [0.3, 0.4) is 0 Å². The molecule has 150 valence electrons. The Labute approximate surface area is 165 Å². The molecule has 27 heavy (non-hydrogen) atoms. The first-order chi connectivity index (χ1) is 13.1. The number of piperidine rings is 1. The van der Waals surface area contributed by atoms with E-state index in [0.29, 0.717) is 5.54 Å². The van der Waals surface area contributed by atoms with Gasteiger partial charge in [-0.15, -0.1) is 0 Å². The smallest absolute Gasteiger partial charge is 0.204 e. The maximum atomic E-state index is 8.58. The largest absolute Gasteiger partial charge is 0.388 e. The summed E-state index contributed by atoms with van der Waals surface area (Å²) in [4.78, 5) is 11.4. The van der Waals surface area contributed by atoms with Gasteiger partial charge in [-0.3, -0.25) is 9.69 Å². The number of hydrogen-bond donors (Lipinski definition) is 2. The van der Waals surface area contributed by atoms with Crippen LogP contribution in [0.5, 0.6) is 0 Å². The number of nitrogens with one attached hydrogen (secondary N) is 1. The summed E-state index contributed by atoms with van der Waals surface area (Å²) in [6.07, 6.45) is 12.6. The highest BCUT2D eigenvalue weighted by atomic mass is 16.1. The summed E-state index contributed by atoms with van der Waals surface area (Å²) in [5.74, 6) is 0. The molecular formula is C23H37N3O. The second kappa shape index (κ2) is 10.5. The van der Waals surface area contributed by atoms with Crippen LogP contribution >= 0.6 is 0 Å². The van der Waals surface area contributed by atoms with Crippen molar-refractivity contribution in [1.82, 2.24) is 4.90 Å². The highest BCUT2D eigenvalue weighted by molar-refractivity contribution is 5.74. The number of benzene rings is 1. The Balaban J connectivity index is 0.000000817. The zero-order chi connectivity index (χ0) is 19.7. The number of amides is 1. The molecule has 0 unspecified atom stereocenters. The second-order valence-corrected chi connectivity index (χ2v) is 8.06. The number of rotatable bonds is 5. The lowest BCUT2D eigenvalue weighted by Crippen LogP contribution is -2.53. The average Bonchev–Trinajstić information content (AvgIpc) is 2.70. The maximum absolute atomic E-state index is 8.58. The van der Waals surface area contributed by atoms with E-state index in [-0.39, 0.29) is 6.41 Å². The van der Waals surface area contributed by atoms with Gasteiger partial charge in [0.2, 0.25) is 6.41 Å². The first kappa shape index (κ1) is 21.5. The van der Waals surface area contributed by atoms with Crippen LogP contribution in [0.15, 0.2) is 24.8 Å². The quantitative estimate of drug-likeness (QED) is 0.744. The molecule has 2 aliphatic rings. The molecule has 1 aliphatic heterocycles. The fourth-order valence-corrected chi connectivity index (χ4v) is 4.84. The molecule has 1 aromatic rings. The molecule has 1 aliphatic carbocycles. The highest BCUT2D eigenvalue weighted by Crippen LogP contribution is 2.39. The third-order valence-electron chi connectivity index (χ3n) is 6.16. The van der Waals surface area contributed by atoms with Gasteiger partial charge in [-0.25, -0.2) is 0 Å². The van der Waals surface area contributed by atoms with Gasteiger partial charge in [0.25, 0.3) is 0 Å². The zero-order valence-electron chi connectivity index (χ0n) is 17.2. The van der Waals surface area contributed by atoms with Crippen LogP contribution in [0.25, 0.3) is 5.57 Å². The van der Waals surface area contributed by atoms with Crippen LogP contribution in [0.4, 0.5) is 5.69 Å². The van der Waals surface area contributed by atoms with Gasteiger partial charge < -0.3 is 11.1 Å². The lowest BCUT2D eigenvalue weighted by Gasteiger charge is -2.48. The van der Waals surface area contributed by atoms with Gasteiger partial charge >= 0.3 is 0 Å². The molecule has 3 rings (SSSR count). The van der Waals surface area contributed by atoms with Gasteiger partial charge in [-0.2, -0.15) is 0 Å². The molecule has 0 spiro atoms. The monoisotopic (exact) mass is 371 g/mol. The fourth-order valence-electron chi connectivity index (χ4n) is 4.84. The standard InChI is InChI=1S/C22H34N2.CH3NO/c1-18(2)20-16-19(10-11-21(20)23-3)17-22(12-6-4-7-13-22)24-14-8-5-9-15-24;2-1-3/h10-11,16,23H,1,4-9,12-15,17H2,2-3H3;1H,(H2,2,3). The minimum absolute atomic E-state index is 0.250. The van der Waals surface area contributed by atoms with Gasteiger partial charge in [0.15, 0.2) is 0 Å². The molecule has 0 radical (unpaired) electrons. The molecule has 1 aromatic carbocycles. The SMILES string of the molecule is C=C(C)c1cc(CC2(N3CCCCC3)CCCCC2)ccc1NC.NC=O. The predicted molar refractivity (Wildman–Crippen MR) is 116 cm³/mol. The van der Waals surface area contributed by atoms with E-state index in [1.165, 1.54) is 87.7 Å². The van der Waals surface area contributed by atoms with Gasteiger partial charge in [0.1, 0.15) is 0 Å². The maximum Gasteiger partial charge on any atom is 0.204 e. The molecule has 0 atom stereocenters. The predicted octanol–water partition coefficient (Wildman–Crippen LogP) is 4.59. The summed E-state index contributed by atoms with van der Waals surface area (Å²) in [6, 6.07) is 6.96. The molecule has 4 nitrogen and oxygen atoms in total. The van der Waals surface area contributed by atoms with Crippen molar-refractivity contribution in [1.29, 1.82) is 0 Å². The van der Waals surface area contributed by atoms with Gasteiger partial charge in [-0.1, -0.05) is 38.3 Å². The van der Waals surface area contributed by atoms with E-state index in [1.807, 2.05) is 7.05 Å². The van der Waals surface area contributed by atoms with Crippen LogP contribution in [0, 0.1) is 0 Å². The third kappa shape index (κ3) is 5.58. The number of anilines is 1. The van der Waals surface area contributed by atoms with Gasteiger partial charge in [0, 0.05) is 23.8 Å². The average molecular weight is 372 g/mol. The van der Waals surface area contributed by atoms with Crippen molar-refractivity contribution < 1.29 is 4.79 Å². The summed E-state index contributed by atoms with van der Waals surface area (Å²) < 4.78 is 0. The zero-order valence-corrected chi connectivity index (χ0v) is 17.2. The van der Waals surface area contributed by atoms with Gasteiger partial charge in [0.05, 0.1) is 0 Å². The molecular weight excluding hydrogens is 334 g/mol. The lowest BCUT2D eigenvalue weighted by atomic mass is 9.75. The number of primary amides is 1. The molecule has 1 amide bonds. The molecule has 0 bridgehead atoms. The molecule has 0 aromatic heterocycles. The van der Waals surface area contributed by atoms with E-state index in [9.17, 15) is 0 Å². The number of hydrogen-bond acceptors (Lipinski definition) is 3. The van der Waals surface area contributed by atoms with Crippen LogP contribution in [0.1, 0.15) is 69.4 Å². The summed E-state index contributed by atoms with van der Waals surface area (Å²) >= 11 is 0. The van der Waals surface area contributed by atoms with Crippen LogP contribution in [-0.4, -0.2) is 37.0 Å². The van der Waals surface area contributed by atoms with Crippen LogP contribution < -0.4 is 11.1 Å². The van der Waals surface area contributed by atoms with E-state index in [0.717, 1.165) is 5.57 Å². The van der Waals surface area contributed by atoms with Crippen molar-refractivity contribution in [2.24, 2.45) is 5.73 Å². The molecule has 1 saturated carbocycles. The fraction of sp³-hybridized carbons (Fsp3) is 0.609. The molecule has 4 heteroatoms. The molecule has 3 N–H and O–H groups in total. The Kier molecular flexibility index (Phi) is 8.36. The lowest BCUT2D eigenvalue weighted by molar-refractivity contribution is -0.106. The van der Waals surface area contributed by atoms with Crippen LogP contribution in [-0.2, 0) is 11.2 Å². The number of nitrogens with zero attached hydrogens (tertiary/aromatic N) is 1. The van der Waals surface area contributed by atoms with Crippen molar-refractivity contribution in [2.75, 3.05) is 25.5 Å². The third-order valence-corrected chi connectivity index (χ3v) is 6.16. The minimum Gasteiger partial charge on any atom is -0.388 e. The topological polar surface area (TPSA) is 58.4 Å². The van der Waals surface area contributed by atoms with Gasteiger partial charge in [-0.05, 0) is 75.4 Å². The normalized spacial score (nSPS) is 19.5. The van der Waals surface area contributed by atoms with E-state index >= 15 is 0 Å².